The van der Waals surface area contributed by atoms with Crippen LogP contribution in [0.1, 0.15) is 5.56 Å². The number of rotatable bonds is 3. The van der Waals surface area contributed by atoms with Gasteiger partial charge in [-0.2, -0.15) is 4.57 Å². The van der Waals surface area contributed by atoms with E-state index < -0.39 is 10.1 Å². The highest BCUT2D eigenvalue weighted by molar-refractivity contribution is 7.85. The van der Waals surface area contributed by atoms with E-state index in [0.717, 1.165) is 16.5 Å². The lowest BCUT2D eigenvalue weighted by molar-refractivity contribution is -0.670. The average molecular weight is 397 g/mol. The molecule has 0 fully saturated rings. The Labute approximate surface area is 163 Å². The molecule has 0 N–H and O–H groups in total. The molecule has 0 radical (unpaired) electrons. The van der Waals surface area contributed by atoms with Gasteiger partial charge in [0.15, 0.2) is 12.7 Å². The van der Waals surface area contributed by atoms with Crippen LogP contribution >= 0.6 is 0 Å². The molecular formula is C22H20FNO3S. The summed E-state index contributed by atoms with van der Waals surface area (Å²) < 4.78 is 45.7. The van der Waals surface area contributed by atoms with E-state index in [2.05, 4.69) is 18.2 Å². The maximum absolute atomic E-state index is 12.6. The second-order valence-electron chi connectivity index (χ2n) is 6.38. The maximum atomic E-state index is 12.6. The molecular weight excluding hydrogens is 377 g/mol. The number of aryl methyl sites for hydroxylation is 2. The summed E-state index contributed by atoms with van der Waals surface area (Å²) in [5.74, 6) is 0. The largest absolute Gasteiger partial charge is 0.744 e. The van der Waals surface area contributed by atoms with Gasteiger partial charge in [-0.25, -0.2) is 12.8 Å². The Kier molecular flexibility index (Phi) is 6.02. The van der Waals surface area contributed by atoms with Gasteiger partial charge in [0, 0.05) is 16.8 Å². The quantitative estimate of drug-likeness (QED) is 0.296. The van der Waals surface area contributed by atoms with Gasteiger partial charge >= 0.3 is 0 Å². The molecule has 3 aromatic carbocycles. The molecule has 0 aliphatic rings. The van der Waals surface area contributed by atoms with Crippen molar-refractivity contribution >= 4 is 31.8 Å². The van der Waals surface area contributed by atoms with Crippen molar-refractivity contribution in [2.45, 2.75) is 18.4 Å². The van der Waals surface area contributed by atoms with Crippen LogP contribution in [0.2, 0.25) is 0 Å². The van der Waals surface area contributed by atoms with Crippen LogP contribution in [0.3, 0.4) is 0 Å². The van der Waals surface area contributed by atoms with Gasteiger partial charge in [-0.1, -0.05) is 48.0 Å². The third kappa shape index (κ3) is 4.52. The molecule has 1 heterocycles. The van der Waals surface area contributed by atoms with Gasteiger partial charge in [-0.05, 0) is 31.2 Å². The fourth-order valence-electron chi connectivity index (χ4n) is 3.03. The van der Waals surface area contributed by atoms with E-state index in [1.807, 2.05) is 48.0 Å². The van der Waals surface area contributed by atoms with Crippen molar-refractivity contribution in [2.75, 3.05) is 6.67 Å². The number of nitrogens with zero attached hydrogens (tertiary/aromatic N) is 1. The lowest BCUT2D eigenvalue weighted by Gasteiger charge is -2.05. The first-order chi connectivity index (χ1) is 13.4. The SMILES string of the molecule is Cc1ccc(S(=O)(=O)[O-])cc1.FCC[n+]1cc2ccccc2c2ccccc21. The van der Waals surface area contributed by atoms with Gasteiger partial charge in [-0.3, -0.25) is 0 Å². The van der Waals surface area contributed by atoms with Crippen LogP contribution in [0, 0.1) is 6.92 Å². The maximum Gasteiger partial charge on any atom is 0.213 e. The van der Waals surface area contributed by atoms with Crippen molar-refractivity contribution in [2.24, 2.45) is 0 Å². The van der Waals surface area contributed by atoms with E-state index in [1.165, 1.54) is 22.9 Å². The average Bonchev–Trinajstić information content (AvgIpc) is 2.68. The third-order valence-electron chi connectivity index (χ3n) is 4.39. The van der Waals surface area contributed by atoms with Crippen molar-refractivity contribution in [3.05, 3.63) is 84.6 Å². The molecule has 0 atom stereocenters. The fraction of sp³-hybridized carbons (Fsp3) is 0.136. The van der Waals surface area contributed by atoms with Crippen LogP contribution in [0.5, 0.6) is 0 Å². The number of benzene rings is 3. The summed E-state index contributed by atoms with van der Waals surface area (Å²) in [4.78, 5) is -0.178. The highest BCUT2D eigenvalue weighted by Gasteiger charge is 2.11. The smallest absolute Gasteiger partial charge is 0.213 e. The van der Waals surface area contributed by atoms with Gasteiger partial charge in [0.05, 0.1) is 10.3 Å². The molecule has 4 aromatic rings. The molecule has 4 nitrogen and oxygen atoms in total. The predicted molar refractivity (Wildman–Crippen MR) is 107 cm³/mol. The van der Waals surface area contributed by atoms with E-state index >= 15 is 0 Å². The minimum absolute atomic E-state index is 0.178. The first kappa shape index (κ1) is 19.9. The summed E-state index contributed by atoms with van der Waals surface area (Å²) in [7, 11) is -4.27. The fourth-order valence-corrected chi connectivity index (χ4v) is 3.49. The Hall–Kier alpha value is -2.83. The van der Waals surface area contributed by atoms with Crippen molar-refractivity contribution in [1.82, 2.24) is 0 Å². The molecule has 0 bridgehead atoms. The number of alkyl halides is 1. The lowest BCUT2D eigenvalue weighted by Crippen LogP contribution is -2.35. The molecule has 144 valence electrons. The topological polar surface area (TPSA) is 61.1 Å². The van der Waals surface area contributed by atoms with Crippen LogP contribution in [0.4, 0.5) is 4.39 Å². The van der Waals surface area contributed by atoms with Crippen LogP contribution in [-0.4, -0.2) is 19.6 Å². The van der Waals surface area contributed by atoms with E-state index in [9.17, 15) is 17.4 Å². The predicted octanol–water partition coefficient (Wildman–Crippen LogP) is 4.15. The van der Waals surface area contributed by atoms with Crippen molar-refractivity contribution < 1.29 is 21.9 Å². The van der Waals surface area contributed by atoms with E-state index in [1.54, 1.807) is 12.1 Å². The third-order valence-corrected chi connectivity index (χ3v) is 5.24. The Balaban J connectivity index is 0.000000178. The molecule has 0 amide bonds. The van der Waals surface area contributed by atoms with Crippen LogP contribution in [0.15, 0.2) is 83.9 Å². The molecule has 28 heavy (non-hydrogen) atoms. The van der Waals surface area contributed by atoms with Gasteiger partial charge < -0.3 is 4.55 Å². The van der Waals surface area contributed by atoms with Crippen LogP contribution in [0.25, 0.3) is 21.7 Å². The van der Waals surface area contributed by atoms with E-state index in [0.29, 0.717) is 6.54 Å². The molecule has 0 saturated carbocycles. The number of pyridine rings is 1. The first-order valence-electron chi connectivity index (χ1n) is 8.78. The Morgan fingerprint density at radius 2 is 1.50 bits per heavy atom. The standard InChI is InChI=1S/C15H13FN.C7H8O3S/c16-9-10-17-11-12-5-1-2-6-13(12)14-7-3-4-8-15(14)17;1-6-2-4-7(5-3-6)11(8,9)10/h1-8,11H,9-10H2;2-5H,1H3,(H,8,9,10)/q+1;/p-1. The summed E-state index contributed by atoms with van der Waals surface area (Å²) in [6, 6.07) is 22.1. The molecule has 1 aromatic heterocycles. The molecule has 4 rings (SSSR count). The monoisotopic (exact) mass is 397 g/mol. The van der Waals surface area contributed by atoms with Gasteiger partial charge in [-0.15, -0.1) is 0 Å². The van der Waals surface area contributed by atoms with Gasteiger partial charge in [0.1, 0.15) is 16.8 Å². The van der Waals surface area contributed by atoms with Crippen molar-refractivity contribution in [3.63, 3.8) is 0 Å². The van der Waals surface area contributed by atoms with Crippen LogP contribution in [-0.2, 0) is 16.7 Å². The van der Waals surface area contributed by atoms with Crippen molar-refractivity contribution in [1.29, 1.82) is 0 Å². The molecule has 0 saturated heterocycles. The zero-order valence-corrected chi connectivity index (χ0v) is 16.2. The van der Waals surface area contributed by atoms with Gasteiger partial charge in [0.2, 0.25) is 5.52 Å². The van der Waals surface area contributed by atoms with E-state index in [4.69, 9.17) is 0 Å². The summed E-state index contributed by atoms with van der Waals surface area (Å²) in [5.41, 5.74) is 2.02. The Bertz CT molecular complexity index is 1210. The van der Waals surface area contributed by atoms with E-state index in [-0.39, 0.29) is 11.6 Å². The number of fused-ring (bicyclic) bond motifs is 3. The number of hydrogen-bond acceptors (Lipinski definition) is 3. The highest BCUT2D eigenvalue weighted by atomic mass is 32.2. The molecule has 0 aliphatic heterocycles. The lowest BCUT2D eigenvalue weighted by atomic mass is 10.1. The second-order valence-corrected chi connectivity index (χ2v) is 7.76. The highest BCUT2D eigenvalue weighted by Crippen LogP contribution is 2.21. The minimum Gasteiger partial charge on any atom is -0.744 e. The molecule has 0 aliphatic carbocycles. The zero-order valence-electron chi connectivity index (χ0n) is 15.4. The number of halogens is 1. The van der Waals surface area contributed by atoms with Crippen LogP contribution < -0.4 is 4.57 Å². The van der Waals surface area contributed by atoms with Gasteiger partial charge in [0.25, 0.3) is 0 Å². The number of hydrogen-bond donors (Lipinski definition) is 0. The Morgan fingerprint density at radius 1 is 0.893 bits per heavy atom. The molecule has 6 heteroatoms. The molecule has 0 unspecified atom stereocenters. The Morgan fingerprint density at radius 3 is 2.14 bits per heavy atom. The normalized spacial score (nSPS) is 11.2. The summed E-state index contributed by atoms with van der Waals surface area (Å²) in [6.07, 6.45) is 2.03. The summed E-state index contributed by atoms with van der Waals surface area (Å²) in [6.45, 7) is 1.89. The van der Waals surface area contributed by atoms with Crippen molar-refractivity contribution in [3.8, 4) is 0 Å². The number of aromatic nitrogens is 1. The zero-order chi connectivity index (χ0) is 20.1. The summed E-state index contributed by atoms with van der Waals surface area (Å²) >= 11 is 0. The molecule has 0 spiro atoms. The minimum atomic E-state index is -4.27. The second kappa shape index (κ2) is 8.46. The number of para-hydroxylation sites is 1. The summed E-state index contributed by atoms with van der Waals surface area (Å²) in [5, 5.41) is 3.55. The first-order valence-corrected chi connectivity index (χ1v) is 10.2.